The van der Waals surface area contributed by atoms with Crippen molar-refractivity contribution in [3.8, 4) is 0 Å². The summed E-state index contributed by atoms with van der Waals surface area (Å²) in [6, 6.07) is 13.4. The van der Waals surface area contributed by atoms with E-state index in [0.717, 1.165) is 22.5 Å². The Balaban J connectivity index is 0.00000133. The number of nitrogens with one attached hydrogen (secondary N) is 2. The molecule has 2 aromatic carbocycles. The van der Waals surface area contributed by atoms with Crippen LogP contribution in [0.15, 0.2) is 42.5 Å². The number of anilines is 2. The minimum Gasteiger partial charge on any atom is -0.384 e. The molecule has 1 atom stereocenters. The molecular formula is C14H15ClN4. The molecule has 1 heterocycles. The van der Waals surface area contributed by atoms with E-state index in [1.807, 2.05) is 42.5 Å². The van der Waals surface area contributed by atoms with Crippen molar-refractivity contribution in [2.45, 2.75) is 6.04 Å². The summed E-state index contributed by atoms with van der Waals surface area (Å²) in [4.78, 5) is 0. The average Bonchev–Trinajstić information content (AvgIpc) is 2.38. The van der Waals surface area contributed by atoms with Crippen LogP contribution in [0.1, 0.15) is 22.7 Å². The number of nitrogens with two attached hydrogens (primary N) is 2. The van der Waals surface area contributed by atoms with E-state index < -0.39 is 0 Å². The van der Waals surface area contributed by atoms with Gasteiger partial charge in [0.2, 0.25) is 0 Å². The molecule has 0 spiro atoms. The van der Waals surface area contributed by atoms with Gasteiger partial charge in [-0.25, -0.2) is 0 Å². The largest absolute Gasteiger partial charge is 0.384 e. The number of amidine groups is 1. The van der Waals surface area contributed by atoms with E-state index in [1.54, 1.807) is 0 Å². The molecule has 0 amide bonds. The molecule has 5 heteroatoms. The molecule has 3 rings (SSSR count). The van der Waals surface area contributed by atoms with Crippen LogP contribution in [0.5, 0.6) is 0 Å². The zero-order valence-electron chi connectivity index (χ0n) is 10.2. The molecule has 0 bridgehead atoms. The Morgan fingerprint density at radius 3 is 2.47 bits per heavy atom. The number of halogens is 1. The van der Waals surface area contributed by atoms with E-state index in [-0.39, 0.29) is 24.3 Å². The highest BCUT2D eigenvalue weighted by atomic mass is 35.5. The first-order valence-electron chi connectivity index (χ1n) is 5.76. The predicted molar refractivity (Wildman–Crippen MR) is 80.5 cm³/mol. The number of nitrogen functional groups attached to an aromatic ring is 1. The Morgan fingerprint density at radius 1 is 1.05 bits per heavy atom. The fourth-order valence-electron chi connectivity index (χ4n) is 2.30. The molecule has 19 heavy (non-hydrogen) atoms. The normalized spacial score (nSPS) is 15.5. The van der Waals surface area contributed by atoms with Crippen molar-refractivity contribution < 1.29 is 0 Å². The molecule has 0 saturated carbocycles. The van der Waals surface area contributed by atoms with Crippen LogP contribution in [0.4, 0.5) is 11.4 Å². The lowest BCUT2D eigenvalue weighted by molar-refractivity contribution is 0.863. The summed E-state index contributed by atoms with van der Waals surface area (Å²) in [5.74, 6) is 0.0591. The predicted octanol–water partition coefficient (Wildman–Crippen LogP) is 2.50. The number of hydrogen-bond donors (Lipinski definition) is 4. The van der Waals surface area contributed by atoms with Crippen molar-refractivity contribution in [3.05, 3.63) is 59.2 Å². The van der Waals surface area contributed by atoms with Gasteiger partial charge in [0.25, 0.3) is 0 Å². The summed E-state index contributed by atoms with van der Waals surface area (Å²) in [5.41, 5.74) is 16.5. The van der Waals surface area contributed by atoms with Gasteiger partial charge in [0, 0.05) is 16.9 Å². The van der Waals surface area contributed by atoms with Crippen LogP contribution in [0.25, 0.3) is 0 Å². The van der Waals surface area contributed by atoms with E-state index >= 15 is 0 Å². The first-order valence-corrected chi connectivity index (χ1v) is 5.76. The SMILES string of the molecule is Cl.N=C(N)c1ccc2c(c1)C(N)c1ccccc1N2. The molecule has 6 N–H and O–H groups in total. The monoisotopic (exact) mass is 274 g/mol. The van der Waals surface area contributed by atoms with Crippen molar-refractivity contribution >= 4 is 29.6 Å². The Hall–Kier alpha value is -2.04. The molecule has 0 fully saturated rings. The van der Waals surface area contributed by atoms with Crippen LogP contribution < -0.4 is 16.8 Å². The fourth-order valence-corrected chi connectivity index (χ4v) is 2.30. The molecule has 0 aromatic heterocycles. The first-order chi connectivity index (χ1) is 8.66. The minimum absolute atomic E-state index is 0. The van der Waals surface area contributed by atoms with E-state index in [0.29, 0.717) is 5.56 Å². The Kier molecular flexibility index (Phi) is 3.46. The van der Waals surface area contributed by atoms with Crippen molar-refractivity contribution in [3.63, 3.8) is 0 Å². The van der Waals surface area contributed by atoms with Crippen molar-refractivity contribution in [1.82, 2.24) is 0 Å². The maximum atomic E-state index is 7.48. The number of hydrogen-bond acceptors (Lipinski definition) is 3. The zero-order chi connectivity index (χ0) is 12.7. The molecule has 4 nitrogen and oxygen atoms in total. The van der Waals surface area contributed by atoms with Crippen LogP contribution in [-0.4, -0.2) is 5.84 Å². The molecule has 1 unspecified atom stereocenters. The van der Waals surface area contributed by atoms with Crippen molar-refractivity contribution in [2.24, 2.45) is 11.5 Å². The van der Waals surface area contributed by atoms with Gasteiger partial charge in [-0.2, -0.15) is 0 Å². The second kappa shape index (κ2) is 4.91. The Bertz CT molecular complexity index is 639. The third-order valence-corrected chi connectivity index (χ3v) is 3.26. The standard InChI is InChI=1S/C14H14N4.ClH/c15-13-9-3-1-2-4-11(9)18-12-6-5-8(14(16)17)7-10(12)13;/h1-7,13,18H,15H2,(H3,16,17);1H. The zero-order valence-corrected chi connectivity index (χ0v) is 11.0. The van der Waals surface area contributed by atoms with Gasteiger partial charge in [0.05, 0.1) is 6.04 Å². The van der Waals surface area contributed by atoms with E-state index in [1.165, 1.54) is 0 Å². The molecule has 1 aliphatic rings. The lowest BCUT2D eigenvalue weighted by Gasteiger charge is -2.27. The summed E-state index contributed by atoms with van der Waals surface area (Å²) < 4.78 is 0. The van der Waals surface area contributed by atoms with Crippen molar-refractivity contribution in [1.29, 1.82) is 5.41 Å². The second-order valence-corrected chi connectivity index (χ2v) is 4.41. The van der Waals surface area contributed by atoms with Gasteiger partial charge < -0.3 is 16.8 Å². The lowest BCUT2D eigenvalue weighted by atomic mass is 9.91. The van der Waals surface area contributed by atoms with Gasteiger partial charge in [-0.3, -0.25) is 5.41 Å². The summed E-state index contributed by atoms with van der Waals surface area (Å²) in [7, 11) is 0. The molecule has 98 valence electrons. The third kappa shape index (κ3) is 2.16. The van der Waals surface area contributed by atoms with Crippen LogP contribution >= 0.6 is 12.4 Å². The molecule has 1 aliphatic heterocycles. The first kappa shape index (κ1) is 13.4. The summed E-state index contributed by atoms with van der Waals surface area (Å²) in [6.45, 7) is 0. The van der Waals surface area contributed by atoms with E-state index in [4.69, 9.17) is 16.9 Å². The van der Waals surface area contributed by atoms with Gasteiger partial charge in [0.1, 0.15) is 5.84 Å². The molecule has 0 aliphatic carbocycles. The molecule has 0 saturated heterocycles. The molecular weight excluding hydrogens is 260 g/mol. The van der Waals surface area contributed by atoms with Crippen LogP contribution in [-0.2, 0) is 0 Å². The van der Waals surface area contributed by atoms with Gasteiger partial charge in [-0.05, 0) is 35.4 Å². The van der Waals surface area contributed by atoms with Gasteiger partial charge in [-0.1, -0.05) is 18.2 Å². The molecule has 0 radical (unpaired) electrons. The summed E-state index contributed by atoms with van der Waals surface area (Å²) in [6.07, 6.45) is 0. The summed E-state index contributed by atoms with van der Waals surface area (Å²) in [5, 5.41) is 10.8. The average molecular weight is 275 g/mol. The highest BCUT2D eigenvalue weighted by Crippen LogP contribution is 2.38. The molecule has 2 aromatic rings. The van der Waals surface area contributed by atoms with Gasteiger partial charge in [0.15, 0.2) is 0 Å². The number of para-hydroxylation sites is 1. The second-order valence-electron chi connectivity index (χ2n) is 4.41. The van der Waals surface area contributed by atoms with Gasteiger partial charge >= 0.3 is 0 Å². The lowest BCUT2D eigenvalue weighted by Crippen LogP contribution is -2.21. The fraction of sp³-hybridized carbons (Fsp3) is 0.0714. The van der Waals surface area contributed by atoms with Crippen LogP contribution in [0, 0.1) is 5.41 Å². The Labute approximate surface area is 117 Å². The highest BCUT2D eigenvalue weighted by Gasteiger charge is 2.22. The third-order valence-electron chi connectivity index (χ3n) is 3.26. The maximum absolute atomic E-state index is 7.48. The topological polar surface area (TPSA) is 87.9 Å². The minimum atomic E-state index is -0.184. The number of rotatable bonds is 1. The van der Waals surface area contributed by atoms with Gasteiger partial charge in [-0.15, -0.1) is 12.4 Å². The quantitative estimate of drug-likeness (QED) is 0.476. The maximum Gasteiger partial charge on any atom is 0.122 e. The number of fused-ring (bicyclic) bond motifs is 2. The Morgan fingerprint density at radius 2 is 1.74 bits per heavy atom. The highest BCUT2D eigenvalue weighted by molar-refractivity contribution is 5.96. The number of benzene rings is 2. The van der Waals surface area contributed by atoms with Crippen molar-refractivity contribution in [2.75, 3.05) is 5.32 Å². The van der Waals surface area contributed by atoms with E-state index in [2.05, 4.69) is 5.32 Å². The summed E-state index contributed by atoms with van der Waals surface area (Å²) >= 11 is 0. The van der Waals surface area contributed by atoms with Crippen LogP contribution in [0.2, 0.25) is 0 Å². The van der Waals surface area contributed by atoms with E-state index in [9.17, 15) is 0 Å². The smallest absolute Gasteiger partial charge is 0.122 e. The van der Waals surface area contributed by atoms with Crippen LogP contribution in [0.3, 0.4) is 0 Å².